The molecule has 3 aromatic rings. The number of carbonyl (C=O) groups is 1. The monoisotopic (exact) mass is 427 g/mol. The van der Waals surface area contributed by atoms with E-state index in [1.807, 2.05) is 31.2 Å². The first-order valence-electron chi connectivity index (χ1n) is 10.1. The Morgan fingerprint density at radius 3 is 2.60 bits per heavy atom. The SMILES string of the molecule is CCOC(=O)c1oc2ccc(S(=O)(=O)N3CCCC3c3ccc(C)cc3)cc2c1C. The molecular weight excluding hydrogens is 402 g/mol. The van der Waals surface area contributed by atoms with E-state index in [1.165, 1.54) is 0 Å². The maximum Gasteiger partial charge on any atom is 0.374 e. The van der Waals surface area contributed by atoms with E-state index >= 15 is 0 Å². The van der Waals surface area contributed by atoms with Crippen LogP contribution in [0.3, 0.4) is 0 Å². The van der Waals surface area contributed by atoms with Gasteiger partial charge in [-0.15, -0.1) is 0 Å². The van der Waals surface area contributed by atoms with Crippen molar-refractivity contribution in [3.63, 3.8) is 0 Å². The molecule has 1 saturated heterocycles. The van der Waals surface area contributed by atoms with Crippen molar-refractivity contribution in [3.8, 4) is 0 Å². The molecule has 0 aliphatic carbocycles. The van der Waals surface area contributed by atoms with Crippen molar-refractivity contribution in [2.45, 2.75) is 44.6 Å². The lowest BCUT2D eigenvalue weighted by Gasteiger charge is -2.24. The van der Waals surface area contributed by atoms with Gasteiger partial charge in [0.15, 0.2) is 0 Å². The number of hydrogen-bond acceptors (Lipinski definition) is 5. The van der Waals surface area contributed by atoms with E-state index in [1.54, 1.807) is 36.4 Å². The van der Waals surface area contributed by atoms with Crippen molar-refractivity contribution in [3.05, 3.63) is 64.9 Å². The van der Waals surface area contributed by atoms with Crippen LogP contribution >= 0.6 is 0 Å². The highest BCUT2D eigenvalue weighted by Gasteiger charge is 2.36. The first-order valence-corrected chi connectivity index (χ1v) is 11.6. The minimum absolute atomic E-state index is 0.111. The van der Waals surface area contributed by atoms with Gasteiger partial charge < -0.3 is 9.15 Å². The molecule has 30 heavy (non-hydrogen) atoms. The molecule has 1 aliphatic rings. The molecule has 2 aromatic carbocycles. The molecule has 0 bridgehead atoms. The van der Waals surface area contributed by atoms with Gasteiger partial charge in [-0.05, 0) is 57.4 Å². The number of hydrogen-bond donors (Lipinski definition) is 0. The van der Waals surface area contributed by atoms with E-state index in [9.17, 15) is 13.2 Å². The Morgan fingerprint density at radius 1 is 1.17 bits per heavy atom. The molecule has 4 rings (SSSR count). The van der Waals surface area contributed by atoms with Crippen LogP contribution < -0.4 is 0 Å². The molecule has 0 amide bonds. The van der Waals surface area contributed by atoms with Crippen LogP contribution in [0.15, 0.2) is 51.8 Å². The Balaban J connectivity index is 1.72. The van der Waals surface area contributed by atoms with Crippen LogP contribution in [0.25, 0.3) is 11.0 Å². The van der Waals surface area contributed by atoms with Crippen molar-refractivity contribution < 1.29 is 22.4 Å². The summed E-state index contributed by atoms with van der Waals surface area (Å²) in [6.45, 7) is 6.20. The van der Waals surface area contributed by atoms with Crippen LogP contribution in [-0.2, 0) is 14.8 Å². The second kappa shape index (κ2) is 7.89. The fraction of sp³-hybridized carbons (Fsp3) is 0.348. The average molecular weight is 428 g/mol. The van der Waals surface area contributed by atoms with E-state index in [0.29, 0.717) is 23.1 Å². The summed E-state index contributed by atoms with van der Waals surface area (Å²) in [5.74, 6) is -0.435. The third-order valence-corrected chi connectivity index (χ3v) is 7.55. The maximum atomic E-state index is 13.5. The smallest absolute Gasteiger partial charge is 0.374 e. The summed E-state index contributed by atoms with van der Waals surface area (Å²) in [7, 11) is -3.70. The molecule has 1 unspecified atom stereocenters. The highest BCUT2D eigenvalue weighted by molar-refractivity contribution is 7.89. The van der Waals surface area contributed by atoms with Crippen LogP contribution in [0.1, 0.15) is 53.1 Å². The normalized spacial score (nSPS) is 17.5. The van der Waals surface area contributed by atoms with Gasteiger partial charge in [-0.3, -0.25) is 0 Å². The fourth-order valence-corrected chi connectivity index (χ4v) is 5.75. The van der Waals surface area contributed by atoms with Crippen LogP contribution in [0.2, 0.25) is 0 Å². The van der Waals surface area contributed by atoms with Crippen LogP contribution in [0.4, 0.5) is 0 Å². The molecule has 1 atom stereocenters. The molecule has 1 aromatic heterocycles. The number of nitrogens with zero attached hydrogens (tertiary/aromatic N) is 1. The number of carbonyl (C=O) groups excluding carboxylic acids is 1. The Kier molecular flexibility index (Phi) is 5.42. The number of ether oxygens (including phenoxy) is 1. The number of fused-ring (bicyclic) bond motifs is 1. The van der Waals surface area contributed by atoms with Crippen molar-refractivity contribution in [1.29, 1.82) is 0 Å². The highest BCUT2D eigenvalue weighted by Crippen LogP contribution is 2.38. The average Bonchev–Trinajstić information content (AvgIpc) is 3.34. The molecule has 0 radical (unpaired) electrons. The van der Waals surface area contributed by atoms with Gasteiger partial charge in [0.25, 0.3) is 0 Å². The van der Waals surface area contributed by atoms with E-state index in [-0.39, 0.29) is 23.3 Å². The summed E-state index contributed by atoms with van der Waals surface area (Å²) in [6.07, 6.45) is 1.61. The Hall–Kier alpha value is -2.64. The molecule has 7 heteroatoms. The fourth-order valence-electron chi connectivity index (χ4n) is 4.04. The van der Waals surface area contributed by atoms with Crippen LogP contribution in [-0.4, -0.2) is 31.8 Å². The molecule has 0 saturated carbocycles. The quantitative estimate of drug-likeness (QED) is 0.549. The second-order valence-corrected chi connectivity index (χ2v) is 9.51. The van der Waals surface area contributed by atoms with Gasteiger partial charge in [-0.2, -0.15) is 4.31 Å². The third kappa shape index (κ3) is 3.52. The number of benzene rings is 2. The first kappa shape index (κ1) is 20.6. The van der Waals surface area contributed by atoms with Gasteiger partial charge >= 0.3 is 5.97 Å². The summed E-state index contributed by atoms with van der Waals surface area (Å²) in [4.78, 5) is 12.3. The zero-order valence-corrected chi connectivity index (χ0v) is 18.2. The summed E-state index contributed by atoms with van der Waals surface area (Å²) in [5, 5.41) is 0.602. The van der Waals surface area contributed by atoms with Gasteiger partial charge in [-0.1, -0.05) is 29.8 Å². The number of sulfonamides is 1. The predicted molar refractivity (Wildman–Crippen MR) is 114 cm³/mol. The van der Waals surface area contributed by atoms with Crippen LogP contribution in [0.5, 0.6) is 0 Å². The molecule has 1 aliphatic heterocycles. The minimum Gasteiger partial charge on any atom is -0.460 e. The summed E-state index contributed by atoms with van der Waals surface area (Å²) < 4.78 is 39.2. The zero-order valence-electron chi connectivity index (χ0n) is 17.3. The summed E-state index contributed by atoms with van der Waals surface area (Å²) >= 11 is 0. The maximum absolute atomic E-state index is 13.5. The van der Waals surface area contributed by atoms with Gasteiger partial charge in [-0.25, -0.2) is 13.2 Å². The molecule has 0 spiro atoms. The lowest BCUT2D eigenvalue weighted by atomic mass is 10.0. The van der Waals surface area contributed by atoms with E-state index < -0.39 is 16.0 Å². The Bertz CT molecular complexity index is 1190. The van der Waals surface area contributed by atoms with E-state index in [4.69, 9.17) is 9.15 Å². The summed E-state index contributed by atoms with van der Waals surface area (Å²) in [6, 6.07) is 12.6. The number of aryl methyl sites for hydroxylation is 2. The Morgan fingerprint density at radius 2 is 1.90 bits per heavy atom. The topological polar surface area (TPSA) is 76.8 Å². The van der Waals surface area contributed by atoms with Gasteiger partial charge in [0.1, 0.15) is 5.58 Å². The number of furan rings is 1. The third-order valence-electron chi connectivity index (χ3n) is 5.64. The largest absolute Gasteiger partial charge is 0.460 e. The highest BCUT2D eigenvalue weighted by atomic mass is 32.2. The number of rotatable bonds is 5. The van der Waals surface area contributed by atoms with Crippen molar-refractivity contribution in [2.24, 2.45) is 0 Å². The summed E-state index contributed by atoms with van der Waals surface area (Å²) in [5.41, 5.74) is 3.19. The predicted octanol–water partition coefficient (Wildman–Crippen LogP) is 4.75. The Labute approximate surface area is 176 Å². The van der Waals surface area contributed by atoms with Crippen molar-refractivity contribution in [1.82, 2.24) is 4.31 Å². The zero-order chi connectivity index (χ0) is 21.5. The molecule has 2 heterocycles. The van der Waals surface area contributed by atoms with E-state index in [2.05, 4.69) is 0 Å². The molecule has 6 nitrogen and oxygen atoms in total. The lowest BCUT2D eigenvalue weighted by Crippen LogP contribution is -2.30. The van der Waals surface area contributed by atoms with Crippen molar-refractivity contribution in [2.75, 3.05) is 13.2 Å². The van der Waals surface area contributed by atoms with Crippen molar-refractivity contribution >= 4 is 27.0 Å². The van der Waals surface area contributed by atoms with Gasteiger partial charge in [0.05, 0.1) is 17.5 Å². The first-order chi connectivity index (χ1) is 14.3. The lowest BCUT2D eigenvalue weighted by molar-refractivity contribution is 0.0491. The van der Waals surface area contributed by atoms with Gasteiger partial charge in [0.2, 0.25) is 15.8 Å². The van der Waals surface area contributed by atoms with Gasteiger partial charge in [0, 0.05) is 17.5 Å². The molecule has 0 N–H and O–H groups in total. The van der Waals surface area contributed by atoms with E-state index in [0.717, 1.165) is 24.0 Å². The molecule has 1 fully saturated rings. The molecular formula is C23H25NO5S. The minimum atomic E-state index is -3.70. The second-order valence-electron chi connectivity index (χ2n) is 7.62. The standard InChI is InChI=1S/C23H25NO5S/c1-4-28-23(25)22-16(3)19-14-18(11-12-21(19)29-22)30(26,27)24-13-5-6-20(24)17-9-7-15(2)8-10-17/h7-12,14,20H,4-6,13H2,1-3H3. The molecule has 158 valence electrons. The number of esters is 1. The van der Waals surface area contributed by atoms with Crippen LogP contribution in [0, 0.1) is 13.8 Å².